The van der Waals surface area contributed by atoms with E-state index in [4.69, 9.17) is 14.6 Å². The number of hydrogen-bond donors (Lipinski definition) is 1. The van der Waals surface area contributed by atoms with Crippen molar-refractivity contribution >= 4 is 12.0 Å². The zero-order valence-corrected chi connectivity index (χ0v) is 17.0. The van der Waals surface area contributed by atoms with E-state index in [0.29, 0.717) is 6.79 Å². The molecule has 4 fully saturated rings. The van der Waals surface area contributed by atoms with Crippen LogP contribution >= 0.6 is 0 Å². The third-order valence-electron chi connectivity index (χ3n) is 7.74. The van der Waals surface area contributed by atoms with Crippen molar-refractivity contribution in [2.24, 2.45) is 17.8 Å². The molecule has 2 aromatic carbocycles. The van der Waals surface area contributed by atoms with E-state index >= 15 is 0 Å². The Hall–Kier alpha value is -2.75. The lowest BCUT2D eigenvalue weighted by Crippen LogP contribution is -2.48. The van der Waals surface area contributed by atoms with Crippen molar-refractivity contribution in [2.45, 2.75) is 43.9 Å². The molecule has 4 bridgehead atoms. The third-order valence-corrected chi connectivity index (χ3v) is 7.74. The molecule has 0 spiro atoms. The minimum Gasteiger partial charge on any atom is -0.478 e. The van der Waals surface area contributed by atoms with Gasteiger partial charge in [0.1, 0.15) is 0 Å². The van der Waals surface area contributed by atoms with Gasteiger partial charge in [0.25, 0.3) is 0 Å². The Morgan fingerprint density at radius 2 is 1.60 bits per heavy atom. The van der Waals surface area contributed by atoms with Gasteiger partial charge in [-0.05, 0) is 96.6 Å². The molecule has 4 saturated carbocycles. The van der Waals surface area contributed by atoms with Gasteiger partial charge in [0, 0.05) is 11.6 Å². The smallest absolute Gasteiger partial charge is 0.328 e. The van der Waals surface area contributed by atoms with Crippen LogP contribution in [0.1, 0.15) is 49.7 Å². The Morgan fingerprint density at radius 3 is 2.23 bits per heavy atom. The molecule has 0 unspecified atom stereocenters. The number of hydrogen-bond acceptors (Lipinski definition) is 3. The maximum atomic E-state index is 10.8. The van der Waals surface area contributed by atoms with E-state index < -0.39 is 5.97 Å². The second-order valence-electron chi connectivity index (χ2n) is 9.75. The van der Waals surface area contributed by atoms with Crippen molar-refractivity contribution in [3.63, 3.8) is 0 Å². The average Bonchev–Trinajstić information content (AvgIpc) is 3.19. The Morgan fingerprint density at radius 1 is 0.933 bits per heavy atom. The number of carboxylic acids is 1. The predicted molar refractivity (Wildman–Crippen MR) is 115 cm³/mol. The molecule has 30 heavy (non-hydrogen) atoms. The summed E-state index contributed by atoms with van der Waals surface area (Å²) in [6.45, 7) is 0.303. The molecule has 154 valence electrons. The van der Waals surface area contributed by atoms with Gasteiger partial charge < -0.3 is 14.6 Å². The van der Waals surface area contributed by atoms with Crippen LogP contribution in [0.25, 0.3) is 17.2 Å². The summed E-state index contributed by atoms with van der Waals surface area (Å²) in [7, 11) is 0. The van der Waals surface area contributed by atoms with Crippen molar-refractivity contribution in [3.05, 3.63) is 53.6 Å². The summed E-state index contributed by atoms with van der Waals surface area (Å²) in [4.78, 5) is 10.8. The standard InChI is InChI=1S/C26H26O4/c27-24(28)6-3-16-1-4-20(5-2-16)21-10-22(25-23(11-21)29-15-30-25)26-12-17-7-18(13-26)9-19(8-17)14-26/h1-6,10-11,17-19H,7-9,12-15H2,(H,27,28). The molecule has 4 aliphatic carbocycles. The second-order valence-corrected chi connectivity index (χ2v) is 9.75. The largest absolute Gasteiger partial charge is 0.478 e. The molecular weight excluding hydrogens is 376 g/mol. The van der Waals surface area contributed by atoms with E-state index in [0.717, 1.165) is 45.9 Å². The minimum atomic E-state index is -0.935. The fourth-order valence-electron chi connectivity index (χ4n) is 6.97. The van der Waals surface area contributed by atoms with E-state index in [9.17, 15) is 4.79 Å². The maximum Gasteiger partial charge on any atom is 0.328 e. The van der Waals surface area contributed by atoms with Crippen LogP contribution in [0, 0.1) is 17.8 Å². The first-order valence-corrected chi connectivity index (χ1v) is 11.0. The molecule has 1 N–H and O–H groups in total. The van der Waals surface area contributed by atoms with Crippen molar-refractivity contribution in [1.82, 2.24) is 0 Å². The number of fused-ring (bicyclic) bond motifs is 1. The molecule has 1 heterocycles. The molecule has 7 rings (SSSR count). The highest BCUT2D eigenvalue weighted by Gasteiger charge is 2.53. The van der Waals surface area contributed by atoms with E-state index in [1.54, 1.807) is 6.08 Å². The molecule has 0 amide bonds. The van der Waals surface area contributed by atoms with Crippen LogP contribution in [-0.2, 0) is 10.2 Å². The Bertz CT molecular complexity index is 998. The van der Waals surface area contributed by atoms with Crippen molar-refractivity contribution < 1.29 is 19.4 Å². The fourth-order valence-corrected chi connectivity index (χ4v) is 6.97. The van der Waals surface area contributed by atoms with Crippen LogP contribution in [-0.4, -0.2) is 17.9 Å². The summed E-state index contributed by atoms with van der Waals surface area (Å²) in [5.41, 5.74) is 4.75. The topological polar surface area (TPSA) is 55.8 Å². The van der Waals surface area contributed by atoms with Gasteiger partial charge in [-0.3, -0.25) is 0 Å². The van der Waals surface area contributed by atoms with Gasteiger partial charge in [0.05, 0.1) is 0 Å². The molecular formula is C26H26O4. The lowest BCUT2D eigenvalue weighted by atomic mass is 9.48. The summed E-state index contributed by atoms with van der Waals surface area (Å²) in [5, 5.41) is 8.83. The lowest BCUT2D eigenvalue weighted by Gasteiger charge is -2.57. The highest BCUT2D eigenvalue weighted by molar-refractivity contribution is 5.85. The van der Waals surface area contributed by atoms with Crippen molar-refractivity contribution in [3.8, 4) is 22.6 Å². The molecule has 2 aromatic rings. The third kappa shape index (κ3) is 2.92. The molecule has 5 aliphatic rings. The molecule has 0 radical (unpaired) electrons. The van der Waals surface area contributed by atoms with Crippen LogP contribution in [0.3, 0.4) is 0 Å². The second kappa shape index (κ2) is 6.63. The monoisotopic (exact) mass is 402 g/mol. The zero-order chi connectivity index (χ0) is 20.3. The average molecular weight is 402 g/mol. The number of ether oxygens (including phenoxy) is 2. The summed E-state index contributed by atoms with van der Waals surface area (Å²) in [6.07, 6.45) is 10.9. The van der Waals surface area contributed by atoms with Crippen LogP contribution < -0.4 is 9.47 Å². The molecule has 0 atom stereocenters. The van der Waals surface area contributed by atoms with E-state index in [-0.39, 0.29) is 5.41 Å². The van der Waals surface area contributed by atoms with Crippen molar-refractivity contribution in [2.75, 3.05) is 6.79 Å². The fraction of sp³-hybridized carbons (Fsp3) is 0.423. The van der Waals surface area contributed by atoms with Gasteiger partial charge in [0.15, 0.2) is 11.5 Å². The lowest BCUT2D eigenvalue weighted by molar-refractivity contribution is -0.131. The van der Waals surface area contributed by atoms with E-state index in [1.165, 1.54) is 50.2 Å². The van der Waals surface area contributed by atoms with Gasteiger partial charge in [0.2, 0.25) is 6.79 Å². The Labute approximate surface area is 176 Å². The van der Waals surface area contributed by atoms with Gasteiger partial charge in [-0.25, -0.2) is 4.79 Å². The van der Waals surface area contributed by atoms with E-state index in [2.05, 4.69) is 24.3 Å². The van der Waals surface area contributed by atoms with Gasteiger partial charge in [-0.1, -0.05) is 24.3 Å². The molecule has 0 saturated heterocycles. The Balaban J connectivity index is 1.40. The predicted octanol–water partition coefficient (Wildman–Crippen LogP) is 5.65. The first kappa shape index (κ1) is 18.1. The maximum absolute atomic E-state index is 10.8. The minimum absolute atomic E-state index is 0.243. The van der Waals surface area contributed by atoms with E-state index in [1.807, 2.05) is 12.1 Å². The summed E-state index contributed by atoms with van der Waals surface area (Å²) in [5.74, 6) is 3.53. The molecule has 0 aromatic heterocycles. The summed E-state index contributed by atoms with van der Waals surface area (Å²) in [6, 6.07) is 12.5. The SMILES string of the molecule is O=C(O)C=Cc1ccc(-c2cc3c(c(C45CC6CC(CC(C6)C4)C5)c2)OCO3)cc1. The van der Waals surface area contributed by atoms with Crippen molar-refractivity contribution in [1.29, 1.82) is 0 Å². The number of carboxylic acid groups (broad SMARTS) is 1. The summed E-state index contributed by atoms with van der Waals surface area (Å²) >= 11 is 0. The highest BCUT2D eigenvalue weighted by Crippen LogP contribution is 2.63. The van der Waals surface area contributed by atoms with Crippen LogP contribution in [0.15, 0.2) is 42.5 Å². The summed E-state index contributed by atoms with van der Waals surface area (Å²) < 4.78 is 11.9. The zero-order valence-electron chi connectivity index (χ0n) is 17.0. The van der Waals surface area contributed by atoms with Crippen LogP contribution in [0.5, 0.6) is 11.5 Å². The number of benzene rings is 2. The molecule has 1 aliphatic heterocycles. The first-order valence-electron chi connectivity index (χ1n) is 11.0. The van der Waals surface area contributed by atoms with Gasteiger partial charge in [-0.15, -0.1) is 0 Å². The highest BCUT2D eigenvalue weighted by atomic mass is 16.7. The quantitative estimate of drug-likeness (QED) is 0.672. The number of rotatable bonds is 4. The normalized spacial score (nSPS) is 30.9. The van der Waals surface area contributed by atoms with Gasteiger partial charge >= 0.3 is 5.97 Å². The molecule has 4 nitrogen and oxygen atoms in total. The molecule has 4 heteroatoms. The first-order chi connectivity index (χ1) is 14.6. The number of aliphatic carboxylic acids is 1. The van der Waals surface area contributed by atoms with Crippen LogP contribution in [0.2, 0.25) is 0 Å². The van der Waals surface area contributed by atoms with Gasteiger partial charge in [-0.2, -0.15) is 0 Å². The number of carbonyl (C=O) groups is 1. The van der Waals surface area contributed by atoms with Crippen LogP contribution in [0.4, 0.5) is 0 Å². The Kier molecular flexibility index (Phi) is 3.99.